The molecular formula is C21H17N3O4S. The van der Waals surface area contributed by atoms with E-state index in [-0.39, 0.29) is 11.3 Å². The highest BCUT2D eigenvalue weighted by atomic mass is 32.2. The number of nitrogens with one attached hydrogen (secondary N) is 2. The molecule has 0 bridgehead atoms. The van der Waals surface area contributed by atoms with Crippen molar-refractivity contribution in [2.24, 2.45) is 0 Å². The van der Waals surface area contributed by atoms with E-state index in [0.29, 0.717) is 0 Å². The molecule has 3 rings (SSSR count). The summed E-state index contributed by atoms with van der Waals surface area (Å²) in [5.74, 6) is -1.05. The molecule has 0 spiro atoms. The standard InChI is InChI=1S/C21H17N3O4S/c25-20(16-10-7-11-17(14-16)24(27)28)22-23-21(26)19(15-8-3-1-4-9-15)29-18-12-5-2-6-13-18/h1-14,19H,(H,22,25)(H,23,26). The van der Waals surface area contributed by atoms with Crippen LogP contribution in [0.15, 0.2) is 89.8 Å². The molecule has 0 fully saturated rings. The van der Waals surface area contributed by atoms with Crippen molar-refractivity contribution in [2.45, 2.75) is 10.1 Å². The average Bonchev–Trinajstić information content (AvgIpc) is 2.77. The molecule has 0 aliphatic carbocycles. The van der Waals surface area contributed by atoms with Crippen LogP contribution < -0.4 is 10.9 Å². The Kier molecular flexibility index (Phi) is 6.59. The lowest BCUT2D eigenvalue weighted by Crippen LogP contribution is -2.43. The van der Waals surface area contributed by atoms with Gasteiger partial charge in [0.25, 0.3) is 17.5 Å². The first-order chi connectivity index (χ1) is 14.0. The van der Waals surface area contributed by atoms with Crippen molar-refractivity contribution in [3.05, 3.63) is 106 Å². The number of benzene rings is 3. The van der Waals surface area contributed by atoms with Gasteiger partial charge < -0.3 is 0 Å². The molecule has 1 atom stereocenters. The number of nitro benzene ring substituents is 1. The molecule has 3 aromatic carbocycles. The Morgan fingerprint density at radius 3 is 2.17 bits per heavy atom. The first-order valence-electron chi connectivity index (χ1n) is 8.66. The van der Waals surface area contributed by atoms with E-state index in [2.05, 4.69) is 10.9 Å². The number of non-ortho nitro benzene ring substituents is 1. The van der Waals surface area contributed by atoms with Crippen LogP contribution in [0.1, 0.15) is 21.2 Å². The molecule has 0 aromatic heterocycles. The largest absolute Gasteiger partial charge is 0.272 e. The first-order valence-corrected chi connectivity index (χ1v) is 9.54. The second-order valence-electron chi connectivity index (χ2n) is 5.97. The van der Waals surface area contributed by atoms with Crippen molar-refractivity contribution in [2.75, 3.05) is 0 Å². The summed E-state index contributed by atoms with van der Waals surface area (Å²) in [5, 5.41) is 10.3. The normalized spacial score (nSPS) is 11.3. The summed E-state index contributed by atoms with van der Waals surface area (Å²) in [5.41, 5.74) is 5.40. The molecule has 146 valence electrons. The number of hydrogen-bond donors (Lipinski definition) is 2. The number of hydrazine groups is 1. The van der Waals surface area contributed by atoms with Gasteiger partial charge in [-0.1, -0.05) is 54.6 Å². The third-order valence-electron chi connectivity index (χ3n) is 3.96. The van der Waals surface area contributed by atoms with Gasteiger partial charge in [0.1, 0.15) is 5.25 Å². The average molecular weight is 407 g/mol. The minimum Gasteiger partial charge on any atom is -0.272 e. The Morgan fingerprint density at radius 1 is 0.862 bits per heavy atom. The van der Waals surface area contributed by atoms with Crippen LogP contribution in [0.25, 0.3) is 0 Å². The number of rotatable bonds is 6. The third kappa shape index (κ3) is 5.43. The lowest BCUT2D eigenvalue weighted by molar-refractivity contribution is -0.384. The van der Waals surface area contributed by atoms with Crippen LogP contribution >= 0.6 is 11.8 Å². The van der Waals surface area contributed by atoms with Gasteiger partial charge in [-0.25, -0.2) is 0 Å². The molecule has 7 nitrogen and oxygen atoms in total. The maximum atomic E-state index is 12.8. The second-order valence-corrected chi connectivity index (χ2v) is 7.15. The fourth-order valence-corrected chi connectivity index (χ4v) is 3.60. The van der Waals surface area contributed by atoms with E-state index < -0.39 is 22.0 Å². The van der Waals surface area contributed by atoms with Crippen LogP contribution in [0.4, 0.5) is 5.69 Å². The fourth-order valence-electron chi connectivity index (χ4n) is 2.55. The van der Waals surface area contributed by atoms with Crippen LogP contribution in [0.5, 0.6) is 0 Å². The lowest BCUT2D eigenvalue weighted by Gasteiger charge is -2.17. The smallest absolute Gasteiger partial charge is 0.270 e. The monoisotopic (exact) mass is 407 g/mol. The fraction of sp³-hybridized carbons (Fsp3) is 0.0476. The van der Waals surface area contributed by atoms with E-state index in [1.165, 1.54) is 30.0 Å². The molecule has 0 radical (unpaired) electrons. The van der Waals surface area contributed by atoms with Gasteiger partial charge in [-0.15, -0.1) is 11.8 Å². The zero-order valence-corrected chi connectivity index (χ0v) is 16.0. The van der Waals surface area contributed by atoms with E-state index in [9.17, 15) is 19.7 Å². The van der Waals surface area contributed by atoms with E-state index in [0.717, 1.165) is 16.5 Å². The van der Waals surface area contributed by atoms with Crippen LogP contribution in [-0.2, 0) is 4.79 Å². The van der Waals surface area contributed by atoms with E-state index in [1.54, 1.807) is 0 Å². The molecule has 0 aliphatic heterocycles. The first kappa shape index (κ1) is 20.1. The molecule has 2 amide bonds. The predicted octanol–water partition coefficient (Wildman–Crippen LogP) is 3.89. The summed E-state index contributed by atoms with van der Waals surface area (Å²) in [6.45, 7) is 0. The zero-order valence-electron chi connectivity index (χ0n) is 15.1. The highest BCUT2D eigenvalue weighted by Crippen LogP contribution is 2.35. The van der Waals surface area contributed by atoms with Crippen LogP contribution in [0.2, 0.25) is 0 Å². The maximum absolute atomic E-state index is 12.8. The van der Waals surface area contributed by atoms with Crippen LogP contribution in [0.3, 0.4) is 0 Å². The maximum Gasteiger partial charge on any atom is 0.270 e. The molecule has 29 heavy (non-hydrogen) atoms. The Bertz CT molecular complexity index is 1010. The molecule has 0 heterocycles. The van der Waals surface area contributed by atoms with E-state index in [4.69, 9.17) is 0 Å². The van der Waals surface area contributed by atoms with Gasteiger partial charge in [-0.2, -0.15) is 0 Å². The van der Waals surface area contributed by atoms with Crippen LogP contribution in [0, 0.1) is 10.1 Å². The number of thioether (sulfide) groups is 1. The quantitative estimate of drug-likeness (QED) is 0.367. The highest BCUT2D eigenvalue weighted by Gasteiger charge is 2.23. The Hall–Kier alpha value is -3.65. The van der Waals surface area contributed by atoms with Gasteiger partial charge in [0, 0.05) is 22.6 Å². The SMILES string of the molecule is O=C(NNC(=O)C(Sc1ccccc1)c1ccccc1)c1cccc([N+](=O)[O-])c1. The Morgan fingerprint density at radius 2 is 1.52 bits per heavy atom. The topological polar surface area (TPSA) is 101 Å². The number of nitrogens with zero attached hydrogens (tertiary/aromatic N) is 1. The third-order valence-corrected chi connectivity index (χ3v) is 5.22. The zero-order chi connectivity index (χ0) is 20.6. The van der Waals surface area contributed by atoms with Crippen molar-refractivity contribution in [1.29, 1.82) is 0 Å². The van der Waals surface area contributed by atoms with E-state index in [1.807, 2.05) is 60.7 Å². The predicted molar refractivity (Wildman–Crippen MR) is 110 cm³/mol. The number of nitro groups is 1. The summed E-state index contributed by atoms with van der Waals surface area (Å²) in [4.78, 5) is 36.3. The number of hydrogen-bond acceptors (Lipinski definition) is 5. The van der Waals surface area contributed by atoms with Gasteiger partial charge in [-0.3, -0.25) is 30.6 Å². The minimum absolute atomic E-state index is 0.0754. The van der Waals surface area contributed by atoms with Gasteiger partial charge >= 0.3 is 0 Å². The highest BCUT2D eigenvalue weighted by molar-refractivity contribution is 8.00. The van der Waals surface area contributed by atoms with Gasteiger partial charge in [-0.05, 0) is 23.8 Å². The molecule has 1 unspecified atom stereocenters. The Balaban J connectivity index is 1.72. The van der Waals surface area contributed by atoms with Gasteiger partial charge in [0.2, 0.25) is 0 Å². The summed E-state index contributed by atoms with van der Waals surface area (Å²) >= 11 is 1.35. The molecule has 0 saturated carbocycles. The molecule has 3 aromatic rings. The Labute approximate surface area is 171 Å². The van der Waals surface area contributed by atoms with Crippen molar-refractivity contribution in [3.63, 3.8) is 0 Å². The number of carbonyl (C=O) groups is 2. The van der Waals surface area contributed by atoms with Crippen molar-refractivity contribution < 1.29 is 14.5 Å². The summed E-state index contributed by atoms with van der Waals surface area (Å²) in [6.07, 6.45) is 0. The van der Waals surface area contributed by atoms with Gasteiger partial charge in [0.05, 0.1) is 4.92 Å². The molecule has 0 aliphatic rings. The summed E-state index contributed by atoms with van der Waals surface area (Å²) < 4.78 is 0. The van der Waals surface area contributed by atoms with Crippen molar-refractivity contribution in [3.8, 4) is 0 Å². The second kappa shape index (κ2) is 9.52. The van der Waals surface area contributed by atoms with E-state index >= 15 is 0 Å². The molecule has 8 heteroatoms. The number of carbonyl (C=O) groups excluding carboxylic acids is 2. The van der Waals surface area contributed by atoms with Gasteiger partial charge in [0.15, 0.2) is 0 Å². The molecule has 2 N–H and O–H groups in total. The van der Waals surface area contributed by atoms with Crippen molar-refractivity contribution in [1.82, 2.24) is 10.9 Å². The summed E-state index contributed by atoms with van der Waals surface area (Å²) in [6, 6.07) is 23.9. The van der Waals surface area contributed by atoms with Crippen LogP contribution in [-0.4, -0.2) is 16.7 Å². The number of amides is 2. The summed E-state index contributed by atoms with van der Waals surface area (Å²) in [7, 11) is 0. The van der Waals surface area contributed by atoms with Crippen molar-refractivity contribution >= 4 is 29.3 Å². The lowest BCUT2D eigenvalue weighted by atomic mass is 10.1. The molecular weight excluding hydrogens is 390 g/mol. The minimum atomic E-state index is -0.640. The molecule has 0 saturated heterocycles.